The lowest BCUT2D eigenvalue weighted by Gasteiger charge is -2.31. The van der Waals surface area contributed by atoms with Crippen LogP contribution >= 0.6 is 11.3 Å². The van der Waals surface area contributed by atoms with Crippen molar-refractivity contribution in [3.05, 3.63) is 29.3 Å². The molecule has 1 aliphatic heterocycles. The van der Waals surface area contributed by atoms with Crippen LogP contribution in [0.5, 0.6) is 0 Å². The van der Waals surface area contributed by atoms with Crippen molar-refractivity contribution in [3.63, 3.8) is 0 Å². The SMILES string of the molecule is CCc1nnc(NC(=O)C2CCN(c3nc4ccccc4n3C)CC2)s1. The van der Waals surface area contributed by atoms with Gasteiger partial charge in [-0.25, -0.2) is 4.98 Å². The number of benzene rings is 1. The van der Waals surface area contributed by atoms with Crippen molar-refractivity contribution < 1.29 is 4.79 Å². The van der Waals surface area contributed by atoms with E-state index in [1.54, 1.807) is 0 Å². The average molecular weight is 370 g/mol. The second-order valence-corrected chi connectivity index (χ2v) is 7.63. The molecule has 0 saturated carbocycles. The van der Waals surface area contributed by atoms with Gasteiger partial charge < -0.3 is 14.8 Å². The zero-order valence-corrected chi connectivity index (χ0v) is 15.8. The van der Waals surface area contributed by atoms with E-state index >= 15 is 0 Å². The molecule has 1 N–H and O–H groups in total. The summed E-state index contributed by atoms with van der Waals surface area (Å²) in [5, 5.41) is 12.5. The van der Waals surface area contributed by atoms with Crippen molar-refractivity contribution in [1.29, 1.82) is 0 Å². The van der Waals surface area contributed by atoms with Crippen molar-refractivity contribution >= 4 is 39.4 Å². The number of rotatable bonds is 4. The Morgan fingerprint density at radius 2 is 2.04 bits per heavy atom. The van der Waals surface area contributed by atoms with E-state index in [2.05, 4.69) is 31.0 Å². The molecule has 0 bridgehead atoms. The van der Waals surface area contributed by atoms with Crippen LogP contribution in [0.15, 0.2) is 24.3 Å². The van der Waals surface area contributed by atoms with Crippen LogP contribution < -0.4 is 10.2 Å². The van der Waals surface area contributed by atoms with Gasteiger partial charge in [0.15, 0.2) is 0 Å². The molecule has 1 aliphatic rings. The Morgan fingerprint density at radius 3 is 2.73 bits per heavy atom. The number of aryl methyl sites for hydroxylation is 2. The van der Waals surface area contributed by atoms with Crippen LogP contribution in [0.3, 0.4) is 0 Å². The minimum absolute atomic E-state index is 0.00918. The number of para-hydroxylation sites is 2. The third kappa shape index (κ3) is 3.16. The lowest BCUT2D eigenvalue weighted by molar-refractivity contribution is -0.120. The van der Waals surface area contributed by atoms with Crippen molar-refractivity contribution in [2.75, 3.05) is 23.3 Å². The number of hydrogen-bond donors (Lipinski definition) is 1. The van der Waals surface area contributed by atoms with E-state index in [-0.39, 0.29) is 11.8 Å². The van der Waals surface area contributed by atoms with Crippen LogP contribution in [0, 0.1) is 5.92 Å². The first-order valence-electron chi connectivity index (χ1n) is 8.95. The molecular formula is C18H22N6OS. The van der Waals surface area contributed by atoms with Crippen molar-refractivity contribution in [2.45, 2.75) is 26.2 Å². The number of hydrogen-bond acceptors (Lipinski definition) is 6. The molecule has 1 amide bonds. The Bertz CT molecular complexity index is 925. The highest BCUT2D eigenvalue weighted by Crippen LogP contribution is 2.27. The minimum atomic E-state index is 0.00918. The summed E-state index contributed by atoms with van der Waals surface area (Å²) in [4.78, 5) is 19.5. The van der Waals surface area contributed by atoms with Crippen LogP contribution in [0.2, 0.25) is 0 Å². The van der Waals surface area contributed by atoms with E-state index in [4.69, 9.17) is 4.98 Å². The smallest absolute Gasteiger partial charge is 0.229 e. The van der Waals surface area contributed by atoms with Crippen LogP contribution in [0.1, 0.15) is 24.8 Å². The molecule has 26 heavy (non-hydrogen) atoms. The van der Waals surface area contributed by atoms with Gasteiger partial charge in [0.1, 0.15) is 5.01 Å². The van der Waals surface area contributed by atoms with Crippen LogP contribution in [0.4, 0.5) is 11.1 Å². The lowest BCUT2D eigenvalue weighted by atomic mass is 9.96. The Hall–Kier alpha value is -2.48. The molecule has 1 fully saturated rings. The summed E-state index contributed by atoms with van der Waals surface area (Å²) in [6.45, 7) is 3.68. The molecule has 3 aromatic rings. The summed E-state index contributed by atoms with van der Waals surface area (Å²) in [6.07, 6.45) is 2.47. The molecule has 1 saturated heterocycles. The Kier molecular flexibility index (Phi) is 4.58. The van der Waals surface area contributed by atoms with Crippen molar-refractivity contribution in [2.24, 2.45) is 13.0 Å². The molecule has 2 aromatic heterocycles. The van der Waals surface area contributed by atoms with E-state index in [1.165, 1.54) is 11.3 Å². The highest BCUT2D eigenvalue weighted by molar-refractivity contribution is 7.15. The van der Waals surface area contributed by atoms with Gasteiger partial charge in [0.25, 0.3) is 0 Å². The second-order valence-electron chi connectivity index (χ2n) is 6.56. The number of carbonyl (C=O) groups excluding carboxylic acids is 1. The quantitative estimate of drug-likeness (QED) is 0.764. The molecule has 0 radical (unpaired) electrons. The third-order valence-electron chi connectivity index (χ3n) is 4.91. The zero-order chi connectivity index (χ0) is 18.1. The summed E-state index contributed by atoms with van der Waals surface area (Å²) in [6, 6.07) is 8.15. The van der Waals surface area contributed by atoms with Gasteiger partial charge in [-0.15, -0.1) is 10.2 Å². The normalized spacial score (nSPS) is 15.5. The first-order chi connectivity index (χ1) is 12.7. The average Bonchev–Trinajstić information content (AvgIpc) is 3.26. The molecule has 1 aromatic carbocycles. The predicted octanol–water partition coefficient (Wildman–Crippen LogP) is 2.84. The molecule has 0 aliphatic carbocycles. The molecule has 4 rings (SSSR count). The number of fused-ring (bicyclic) bond motifs is 1. The molecule has 0 spiro atoms. The Balaban J connectivity index is 1.40. The monoisotopic (exact) mass is 370 g/mol. The van der Waals surface area contributed by atoms with Crippen LogP contribution in [0.25, 0.3) is 11.0 Å². The third-order valence-corrected chi connectivity index (χ3v) is 5.89. The lowest BCUT2D eigenvalue weighted by Crippen LogP contribution is -2.39. The first kappa shape index (κ1) is 17.0. The van der Waals surface area contributed by atoms with Gasteiger partial charge in [-0.3, -0.25) is 4.79 Å². The van der Waals surface area contributed by atoms with Gasteiger partial charge in [0.05, 0.1) is 11.0 Å². The van der Waals surface area contributed by atoms with E-state index in [0.717, 1.165) is 54.3 Å². The number of anilines is 2. The van der Waals surface area contributed by atoms with E-state index in [9.17, 15) is 4.79 Å². The van der Waals surface area contributed by atoms with Gasteiger partial charge in [0.2, 0.25) is 17.0 Å². The predicted molar refractivity (Wildman–Crippen MR) is 104 cm³/mol. The topological polar surface area (TPSA) is 75.9 Å². The fraction of sp³-hybridized carbons (Fsp3) is 0.444. The van der Waals surface area contributed by atoms with Gasteiger partial charge in [-0.2, -0.15) is 0 Å². The zero-order valence-electron chi connectivity index (χ0n) is 15.0. The number of nitrogens with one attached hydrogen (secondary N) is 1. The molecular weight excluding hydrogens is 348 g/mol. The number of piperidine rings is 1. The van der Waals surface area contributed by atoms with Crippen LogP contribution in [-0.2, 0) is 18.3 Å². The molecule has 7 nitrogen and oxygen atoms in total. The van der Waals surface area contributed by atoms with Crippen molar-refractivity contribution in [3.8, 4) is 0 Å². The standard InChI is InChI=1S/C18H22N6OS/c1-3-15-21-22-17(26-15)20-16(25)12-8-10-24(11-9-12)18-19-13-6-4-5-7-14(13)23(18)2/h4-7,12H,3,8-11H2,1-2H3,(H,20,22,25). The van der Waals surface area contributed by atoms with Gasteiger partial charge in [-0.1, -0.05) is 30.4 Å². The maximum atomic E-state index is 12.5. The maximum Gasteiger partial charge on any atom is 0.229 e. The summed E-state index contributed by atoms with van der Waals surface area (Å²) in [7, 11) is 2.05. The molecule has 8 heteroatoms. The molecule has 136 valence electrons. The highest BCUT2D eigenvalue weighted by atomic mass is 32.1. The number of carbonyl (C=O) groups is 1. The first-order valence-corrected chi connectivity index (χ1v) is 9.77. The summed E-state index contributed by atoms with van der Waals surface area (Å²) >= 11 is 1.45. The Labute approximate surface area is 156 Å². The van der Waals surface area contributed by atoms with Gasteiger partial charge in [0, 0.05) is 26.1 Å². The molecule has 3 heterocycles. The fourth-order valence-electron chi connectivity index (χ4n) is 3.41. The number of aromatic nitrogens is 4. The number of imidazole rings is 1. The summed E-state index contributed by atoms with van der Waals surface area (Å²) in [5.74, 6) is 1.03. The maximum absolute atomic E-state index is 12.5. The molecule has 0 atom stereocenters. The summed E-state index contributed by atoms with van der Waals surface area (Å²) < 4.78 is 2.13. The van der Waals surface area contributed by atoms with Gasteiger partial charge in [-0.05, 0) is 31.4 Å². The van der Waals surface area contributed by atoms with E-state index in [0.29, 0.717) is 5.13 Å². The fourth-order valence-corrected chi connectivity index (χ4v) is 4.09. The Morgan fingerprint density at radius 1 is 1.27 bits per heavy atom. The second kappa shape index (κ2) is 7.03. The van der Waals surface area contributed by atoms with Crippen LogP contribution in [-0.4, -0.2) is 38.7 Å². The van der Waals surface area contributed by atoms with E-state index in [1.807, 2.05) is 32.2 Å². The number of nitrogens with zero attached hydrogens (tertiary/aromatic N) is 5. The summed E-state index contributed by atoms with van der Waals surface area (Å²) in [5.41, 5.74) is 2.14. The van der Waals surface area contributed by atoms with E-state index < -0.39 is 0 Å². The minimum Gasteiger partial charge on any atom is -0.342 e. The molecule has 0 unspecified atom stereocenters. The highest BCUT2D eigenvalue weighted by Gasteiger charge is 2.27. The largest absolute Gasteiger partial charge is 0.342 e. The number of amides is 1. The van der Waals surface area contributed by atoms with Gasteiger partial charge >= 0.3 is 0 Å². The van der Waals surface area contributed by atoms with Crippen molar-refractivity contribution in [1.82, 2.24) is 19.7 Å².